The molecule has 0 unspecified atom stereocenters. The highest BCUT2D eigenvalue weighted by Crippen LogP contribution is 2.24. The van der Waals surface area contributed by atoms with Gasteiger partial charge in [0, 0.05) is 5.69 Å². The predicted octanol–water partition coefficient (Wildman–Crippen LogP) is 3.50. The van der Waals surface area contributed by atoms with E-state index >= 15 is 0 Å². The van der Waals surface area contributed by atoms with E-state index in [9.17, 15) is 4.39 Å². The molecular weight excluding hydrogens is 275 g/mol. The molecule has 0 atom stereocenters. The fourth-order valence-electron chi connectivity index (χ4n) is 1.35. The molecule has 0 amide bonds. The van der Waals surface area contributed by atoms with Gasteiger partial charge in [-0.2, -0.15) is 0 Å². The first-order valence-electron chi connectivity index (χ1n) is 4.73. The molecule has 0 fully saturated rings. The molecule has 84 valence electrons. The Morgan fingerprint density at radius 2 is 2.31 bits per heavy atom. The van der Waals surface area contributed by atoms with Crippen molar-refractivity contribution in [2.75, 3.05) is 5.32 Å². The van der Waals surface area contributed by atoms with E-state index in [-0.39, 0.29) is 5.82 Å². The van der Waals surface area contributed by atoms with Gasteiger partial charge in [0.1, 0.15) is 11.6 Å². The summed E-state index contributed by atoms with van der Waals surface area (Å²) in [6, 6.07) is 3.19. The highest BCUT2D eigenvalue weighted by Gasteiger charge is 2.05. The highest BCUT2D eigenvalue weighted by molar-refractivity contribution is 9.10. The van der Waals surface area contributed by atoms with Crippen molar-refractivity contribution in [2.45, 2.75) is 13.5 Å². The highest BCUT2D eigenvalue weighted by atomic mass is 79.9. The molecule has 0 aliphatic heterocycles. The quantitative estimate of drug-likeness (QED) is 0.938. The molecule has 1 aromatic carbocycles. The second-order valence-electron chi connectivity index (χ2n) is 3.40. The summed E-state index contributed by atoms with van der Waals surface area (Å²) in [5.74, 6) is 0.424. The van der Waals surface area contributed by atoms with Gasteiger partial charge >= 0.3 is 0 Å². The van der Waals surface area contributed by atoms with Crippen LogP contribution >= 0.6 is 15.9 Å². The zero-order valence-electron chi connectivity index (χ0n) is 8.63. The van der Waals surface area contributed by atoms with Gasteiger partial charge in [0.25, 0.3) is 0 Å². The molecule has 16 heavy (non-hydrogen) atoms. The van der Waals surface area contributed by atoms with Gasteiger partial charge in [-0.1, -0.05) is 0 Å². The average Bonchev–Trinajstić information content (AvgIpc) is 2.74. The van der Waals surface area contributed by atoms with Crippen LogP contribution in [0.5, 0.6) is 0 Å². The number of rotatable bonds is 3. The standard InChI is InChI=1S/C11H10BrFN2O/c1-7-2-9(12)10(13)3-11(7)15-5-8-4-14-6-16-8/h2-4,6,15H,5H2,1H3. The van der Waals surface area contributed by atoms with Crippen LogP contribution < -0.4 is 5.32 Å². The summed E-state index contributed by atoms with van der Waals surface area (Å²) in [4.78, 5) is 3.80. The van der Waals surface area contributed by atoms with Crippen LogP contribution in [0.25, 0.3) is 0 Å². The van der Waals surface area contributed by atoms with Gasteiger partial charge in [0.05, 0.1) is 17.2 Å². The fraction of sp³-hybridized carbons (Fsp3) is 0.182. The number of halogens is 2. The predicted molar refractivity (Wildman–Crippen MR) is 62.7 cm³/mol. The number of hydrogen-bond donors (Lipinski definition) is 1. The van der Waals surface area contributed by atoms with Crippen LogP contribution in [0.1, 0.15) is 11.3 Å². The average molecular weight is 285 g/mol. The summed E-state index contributed by atoms with van der Waals surface area (Å²) in [6.07, 6.45) is 2.99. The second kappa shape index (κ2) is 4.65. The molecule has 1 N–H and O–H groups in total. The van der Waals surface area contributed by atoms with Gasteiger partial charge in [-0.05, 0) is 40.5 Å². The Balaban J connectivity index is 2.12. The zero-order chi connectivity index (χ0) is 11.5. The number of nitrogens with zero attached hydrogens (tertiary/aromatic N) is 1. The first-order chi connectivity index (χ1) is 7.66. The minimum atomic E-state index is -0.286. The van der Waals surface area contributed by atoms with Gasteiger partial charge < -0.3 is 9.73 Å². The van der Waals surface area contributed by atoms with Crippen molar-refractivity contribution in [3.8, 4) is 0 Å². The number of aryl methyl sites for hydroxylation is 1. The summed E-state index contributed by atoms with van der Waals surface area (Å²) in [5.41, 5.74) is 1.71. The molecule has 0 spiro atoms. The summed E-state index contributed by atoms with van der Waals surface area (Å²) in [7, 11) is 0. The Morgan fingerprint density at radius 1 is 1.50 bits per heavy atom. The van der Waals surface area contributed by atoms with Crippen molar-refractivity contribution in [3.05, 3.63) is 46.3 Å². The Kier molecular flexibility index (Phi) is 3.24. The van der Waals surface area contributed by atoms with Crippen molar-refractivity contribution in [1.29, 1.82) is 0 Å². The van der Waals surface area contributed by atoms with E-state index in [1.807, 2.05) is 6.92 Å². The van der Waals surface area contributed by atoms with E-state index in [0.717, 1.165) is 11.3 Å². The SMILES string of the molecule is Cc1cc(Br)c(F)cc1NCc1cnco1. The molecule has 5 heteroatoms. The second-order valence-corrected chi connectivity index (χ2v) is 4.26. The van der Waals surface area contributed by atoms with E-state index in [1.165, 1.54) is 12.5 Å². The van der Waals surface area contributed by atoms with Gasteiger partial charge in [-0.15, -0.1) is 0 Å². The van der Waals surface area contributed by atoms with Crippen LogP contribution in [0.15, 0.2) is 33.6 Å². The zero-order valence-corrected chi connectivity index (χ0v) is 10.2. The third kappa shape index (κ3) is 2.41. The monoisotopic (exact) mass is 284 g/mol. The maximum Gasteiger partial charge on any atom is 0.180 e. The third-order valence-electron chi connectivity index (χ3n) is 2.20. The molecule has 1 aromatic heterocycles. The lowest BCUT2D eigenvalue weighted by Gasteiger charge is -2.08. The van der Waals surface area contributed by atoms with E-state index in [1.54, 1.807) is 12.3 Å². The molecule has 0 radical (unpaired) electrons. The van der Waals surface area contributed by atoms with Crippen molar-refractivity contribution in [3.63, 3.8) is 0 Å². The minimum Gasteiger partial charge on any atom is -0.447 e. The molecule has 3 nitrogen and oxygen atoms in total. The third-order valence-corrected chi connectivity index (χ3v) is 2.81. The normalized spacial score (nSPS) is 10.4. The molecule has 2 aromatic rings. The summed E-state index contributed by atoms with van der Waals surface area (Å²) in [6.45, 7) is 2.40. The molecule has 0 aliphatic rings. The van der Waals surface area contributed by atoms with E-state index in [4.69, 9.17) is 4.42 Å². The minimum absolute atomic E-state index is 0.286. The summed E-state index contributed by atoms with van der Waals surface area (Å²) >= 11 is 3.14. The van der Waals surface area contributed by atoms with Crippen molar-refractivity contribution in [1.82, 2.24) is 4.98 Å². The van der Waals surface area contributed by atoms with Gasteiger partial charge in [-0.3, -0.25) is 0 Å². The van der Waals surface area contributed by atoms with Gasteiger partial charge in [0.2, 0.25) is 0 Å². The number of aromatic nitrogens is 1. The summed E-state index contributed by atoms with van der Waals surface area (Å²) < 4.78 is 18.8. The topological polar surface area (TPSA) is 38.1 Å². The molecule has 0 saturated carbocycles. The maximum atomic E-state index is 13.3. The van der Waals surface area contributed by atoms with Crippen LogP contribution in [0.4, 0.5) is 10.1 Å². The number of nitrogens with one attached hydrogen (secondary N) is 1. The smallest absolute Gasteiger partial charge is 0.180 e. The van der Waals surface area contributed by atoms with Gasteiger partial charge in [0.15, 0.2) is 6.39 Å². The van der Waals surface area contributed by atoms with Crippen LogP contribution in [0.3, 0.4) is 0 Å². The van der Waals surface area contributed by atoms with Crippen molar-refractivity contribution < 1.29 is 8.81 Å². The number of benzene rings is 1. The lowest BCUT2D eigenvalue weighted by molar-refractivity contribution is 0.511. The fourth-order valence-corrected chi connectivity index (χ4v) is 1.81. The number of oxazole rings is 1. The van der Waals surface area contributed by atoms with Gasteiger partial charge in [-0.25, -0.2) is 9.37 Å². The Hall–Kier alpha value is -1.36. The van der Waals surface area contributed by atoms with Crippen molar-refractivity contribution in [2.24, 2.45) is 0 Å². The van der Waals surface area contributed by atoms with E-state index < -0.39 is 0 Å². The van der Waals surface area contributed by atoms with Crippen LogP contribution in [-0.2, 0) is 6.54 Å². The van der Waals surface area contributed by atoms with E-state index in [0.29, 0.717) is 16.8 Å². The molecule has 0 saturated heterocycles. The van der Waals surface area contributed by atoms with E-state index in [2.05, 4.69) is 26.2 Å². The molecular formula is C11H10BrFN2O. The lowest BCUT2D eigenvalue weighted by atomic mass is 10.2. The first kappa shape index (κ1) is 11.1. The molecule has 2 rings (SSSR count). The Morgan fingerprint density at radius 3 is 3.00 bits per heavy atom. The summed E-state index contributed by atoms with van der Waals surface area (Å²) in [5, 5.41) is 3.09. The Bertz CT molecular complexity index is 485. The largest absolute Gasteiger partial charge is 0.447 e. The van der Waals surface area contributed by atoms with Crippen LogP contribution in [0, 0.1) is 12.7 Å². The first-order valence-corrected chi connectivity index (χ1v) is 5.53. The molecule has 0 bridgehead atoms. The van der Waals surface area contributed by atoms with Crippen LogP contribution in [-0.4, -0.2) is 4.98 Å². The maximum absolute atomic E-state index is 13.3. The van der Waals surface area contributed by atoms with Crippen molar-refractivity contribution >= 4 is 21.6 Å². The van der Waals surface area contributed by atoms with Crippen LogP contribution in [0.2, 0.25) is 0 Å². The molecule has 0 aliphatic carbocycles. The lowest BCUT2D eigenvalue weighted by Crippen LogP contribution is -2.00. The Labute approximate surface area is 101 Å². The molecule has 1 heterocycles. The number of anilines is 1. The number of hydrogen-bond acceptors (Lipinski definition) is 3.